The lowest BCUT2D eigenvalue weighted by molar-refractivity contribution is -0.137. The molecule has 2 rings (SSSR count). The third-order valence-corrected chi connectivity index (χ3v) is 5.25. The molecule has 0 saturated carbocycles. The minimum Gasteiger partial charge on any atom is -0.412 e. The topological polar surface area (TPSA) is 33.0 Å². The molecule has 2 aromatic carbocycles. The van der Waals surface area contributed by atoms with Crippen LogP contribution in [0, 0.1) is 11.3 Å². The van der Waals surface area contributed by atoms with E-state index in [9.17, 15) is 18.4 Å². The Morgan fingerprint density at radius 1 is 1.15 bits per heavy atom. The Balaban J connectivity index is 2.67. The summed E-state index contributed by atoms with van der Waals surface area (Å²) in [5, 5.41) is 10.1. The van der Waals surface area contributed by atoms with Gasteiger partial charge in [0, 0.05) is 16.3 Å². The zero-order valence-corrected chi connectivity index (χ0v) is 15.9. The van der Waals surface area contributed by atoms with Crippen LogP contribution in [0.5, 0.6) is 0 Å². The highest BCUT2D eigenvalue weighted by atomic mass is 35.5. The van der Waals surface area contributed by atoms with Gasteiger partial charge in [-0.3, -0.25) is 0 Å². The van der Waals surface area contributed by atoms with Gasteiger partial charge in [-0.05, 0) is 23.8 Å². The Morgan fingerprint density at radius 2 is 1.81 bits per heavy atom. The van der Waals surface area contributed by atoms with E-state index in [0.717, 1.165) is 17.1 Å². The zero-order valence-electron chi connectivity index (χ0n) is 13.5. The molecule has 0 aliphatic heterocycles. The van der Waals surface area contributed by atoms with Crippen LogP contribution in [-0.4, -0.2) is 5.75 Å². The number of hydrogen-bond donors (Lipinski definition) is 0. The van der Waals surface area contributed by atoms with Gasteiger partial charge in [0.05, 0.1) is 5.56 Å². The Morgan fingerprint density at radius 3 is 2.38 bits per heavy atom. The zero-order chi connectivity index (χ0) is 19.2. The summed E-state index contributed by atoms with van der Waals surface area (Å²) < 4.78 is 45.8. The summed E-state index contributed by atoms with van der Waals surface area (Å²) in [7, 11) is 1.32. The van der Waals surface area contributed by atoms with Crippen LogP contribution in [0.3, 0.4) is 0 Å². The monoisotopic (exact) mass is 415 g/mol. The molecule has 8 heteroatoms. The van der Waals surface area contributed by atoms with Crippen LogP contribution in [0.15, 0.2) is 48.5 Å². The van der Waals surface area contributed by atoms with Crippen molar-refractivity contribution in [2.45, 2.75) is 13.1 Å². The molecule has 0 heterocycles. The van der Waals surface area contributed by atoms with E-state index in [1.807, 2.05) is 13.0 Å². The fourth-order valence-corrected chi connectivity index (χ4v) is 3.27. The predicted octanol–water partition coefficient (Wildman–Crippen LogP) is 7.08. The minimum absolute atomic E-state index is 0.00238. The van der Waals surface area contributed by atoms with Gasteiger partial charge in [-0.2, -0.15) is 18.4 Å². The molecule has 26 heavy (non-hydrogen) atoms. The molecule has 2 nitrogen and oxygen atoms in total. The molecule has 0 spiro atoms. The van der Waals surface area contributed by atoms with Gasteiger partial charge in [0.15, 0.2) is 5.76 Å². The second-order valence-corrected chi connectivity index (χ2v) is 7.59. The highest BCUT2D eigenvalue weighted by molar-refractivity contribution is 8.74. The quantitative estimate of drug-likeness (QED) is 0.126. The average molecular weight is 416 g/mol. The number of alkyl halides is 3. The van der Waals surface area contributed by atoms with E-state index in [-0.39, 0.29) is 16.9 Å². The third kappa shape index (κ3) is 5.13. The van der Waals surface area contributed by atoms with Crippen molar-refractivity contribution in [3.8, 4) is 6.07 Å². The van der Waals surface area contributed by atoms with Gasteiger partial charge in [0.25, 0.3) is 0 Å². The van der Waals surface area contributed by atoms with Crippen molar-refractivity contribution in [1.82, 2.24) is 0 Å². The molecular formula is C18H13ClF3NOS2. The van der Waals surface area contributed by atoms with Crippen LogP contribution in [-0.2, 0) is 10.4 Å². The summed E-state index contributed by atoms with van der Waals surface area (Å²) in [6, 6.07) is 13.3. The van der Waals surface area contributed by atoms with Crippen molar-refractivity contribution in [2.24, 2.45) is 0 Å². The fourth-order valence-electron chi connectivity index (χ4n) is 2.12. The van der Waals surface area contributed by atoms with E-state index in [4.69, 9.17) is 15.8 Å². The summed E-state index contributed by atoms with van der Waals surface area (Å²) in [6.07, 6.45) is -4.58. The second kappa shape index (κ2) is 9.26. The second-order valence-electron chi connectivity index (χ2n) is 4.92. The molecule has 0 amide bonds. The van der Waals surface area contributed by atoms with Gasteiger partial charge >= 0.3 is 6.18 Å². The Labute approximate surface area is 162 Å². The molecule has 0 radical (unpaired) electrons. The maximum atomic E-state index is 13.4. The van der Waals surface area contributed by atoms with E-state index < -0.39 is 11.7 Å². The lowest BCUT2D eigenvalue weighted by Crippen LogP contribution is -2.09. The lowest BCUT2D eigenvalue weighted by Gasteiger charge is -2.16. The van der Waals surface area contributed by atoms with E-state index >= 15 is 0 Å². The molecule has 0 aliphatic rings. The molecule has 0 aliphatic carbocycles. The Bertz CT molecular complexity index is 830. The van der Waals surface area contributed by atoms with Gasteiger partial charge in [-0.25, -0.2) is 0 Å². The van der Waals surface area contributed by atoms with Gasteiger partial charge in [0.1, 0.15) is 22.7 Å². The highest BCUT2D eigenvalue weighted by Crippen LogP contribution is 2.41. The minimum atomic E-state index is -4.58. The molecule has 0 saturated heterocycles. The molecule has 2 aromatic rings. The first-order chi connectivity index (χ1) is 12.4. The molecule has 0 unspecified atom stereocenters. The first-order valence-corrected chi connectivity index (χ1v) is 10.0. The van der Waals surface area contributed by atoms with Crippen molar-refractivity contribution in [2.75, 3.05) is 5.75 Å². The summed E-state index contributed by atoms with van der Waals surface area (Å²) in [6.45, 7) is 1.89. The van der Waals surface area contributed by atoms with Crippen LogP contribution < -0.4 is 0 Å². The van der Waals surface area contributed by atoms with E-state index in [1.54, 1.807) is 24.3 Å². The molecule has 0 N–H and O–H groups in total. The van der Waals surface area contributed by atoms with Crippen LogP contribution in [0.2, 0.25) is 5.02 Å². The summed E-state index contributed by atoms with van der Waals surface area (Å²) >= 11 is 6.79. The van der Waals surface area contributed by atoms with Crippen molar-refractivity contribution in [3.63, 3.8) is 0 Å². The number of halogens is 4. The van der Waals surface area contributed by atoms with Gasteiger partial charge in [-0.1, -0.05) is 59.7 Å². The smallest absolute Gasteiger partial charge is 0.412 e. The number of nitriles is 1. The normalized spacial score (nSPS) is 12.3. The van der Waals surface area contributed by atoms with E-state index in [2.05, 4.69) is 0 Å². The molecule has 136 valence electrons. The molecule has 0 bridgehead atoms. The Kier molecular flexibility index (Phi) is 7.33. The van der Waals surface area contributed by atoms with Crippen molar-refractivity contribution < 1.29 is 17.4 Å². The molecule has 0 atom stereocenters. The van der Waals surface area contributed by atoms with Crippen LogP contribution in [0.4, 0.5) is 13.2 Å². The maximum Gasteiger partial charge on any atom is 0.417 e. The van der Waals surface area contributed by atoms with Crippen molar-refractivity contribution >= 4 is 44.8 Å². The number of nitrogens with zero attached hydrogens (tertiary/aromatic N) is 1. The molecule has 0 fully saturated rings. The number of allylic oxidation sites excluding steroid dienone is 1. The third-order valence-electron chi connectivity index (χ3n) is 3.23. The largest absolute Gasteiger partial charge is 0.417 e. The van der Waals surface area contributed by atoms with Crippen molar-refractivity contribution in [1.29, 1.82) is 5.26 Å². The van der Waals surface area contributed by atoms with Crippen LogP contribution in [0.25, 0.3) is 11.3 Å². The van der Waals surface area contributed by atoms with Crippen molar-refractivity contribution in [3.05, 3.63) is 70.2 Å². The summed E-state index contributed by atoms with van der Waals surface area (Å²) in [5.74, 6) is 0.565. The standard InChI is InChI=1S/C18H13ClF3NOS2/c1-2-25-26-24-17(14-5-3-4-6-16(14)18(20,21)22)15(11-23)12-7-9-13(19)10-8-12/h3-10H,2H2,1H3. The van der Waals surface area contributed by atoms with Gasteiger partial charge < -0.3 is 4.18 Å². The molecule has 0 aromatic heterocycles. The highest BCUT2D eigenvalue weighted by Gasteiger charge is 2.35. The number of hydrogen-bond acceptors (Lipinski definition) is 4. The van der Waals surface area contributed by atoms with Crippen LogP contribution >= 0.6 is 33.5 Å². The fraction of sp³-hybridized carbons (Fsp3) is 0.167. The number of rotatable bonds is 6. The number of benzene rings is 2. The molecular weight excluding hydrogens is 403 g/mol. The lowest BCUT2D eigenvalue weighted by atomic mass is 9.98. The van der Waals surface area contributed by atoms with Gasteiger partial charge in [0.2, 0.25) is 0 Å². The van der Waals surface area contributed by atoms with E-state index in [1.165, 1.54) is 29.0 Å². The van der Waals surface area contributed by atoms with E-state index in [0.29, 0.717) is 16.3 Å². The SMILES string of the molecule is CCSSOC(=C(C#N)c1ccc(Cl)cc1)c1ccccc1C(F)(F)F. The maximum absolute atomic E-state index is 13.4. The average Bonchev–Trinajstić information content (AvgIpc) is 2.62. The van der Waals surface area contributed by atoms with Gasteiger partial charge in [-0.15, -0.1) is 0 Å². The van der Waals surface area contributed by atoms with Crippen LogP contribution in [0.1, 0.15) is 23.6 Å². The first-order valence-electron chi connectivity index (χ1n) is 7.41. The summed E-state index contributed by atoms with van der Waals surface area (Å²) in [5.41, 5.74) is -0.622. The first kappa shape index (κ1) is 20.6. The Hall–Kier alpha value is -1.75. The summed E-state index contributed by atoms with van der Waals surface area (Å²) in [4.78, 5) is 0. The predicted molar refractivity (Wildman–Crippen MR) is 102 cm³/mol.